The van der Waals surface area contributed by atoms with Gasteiger partial charge in [-0.25, -0.2) is 0 Å². The van der Waals surface area contributed by atoms with E-state index in [9.17, 15) is 0 Å². The average molecular weight is 410 g/mol. The van der Waals surface area contributed by atoms with E-state index in [-0.39, 0.29) is 5.41 Å². The standard InChI is InChI=1S/C31H23N/c32-29-21-10-8-16-24(29)25-18-11-20-28-30(25)26-17-7-9-19-27(26)31(28,22-12-3-1-4-13-22)23-14-5-2-6-15-23/h1-21H,32H2. The van der Waals surface area contributed by atoms with Crippen molar-refractivity contribution >= 4 is 5.69 Å². The van der Waals surface area contributed by atoms with Gasteiger partial charge in [0.15, 0.2) is 0 Å². The molecule has 2 N–H and O–H groups in total. The Bertz CT molecular complexity index is 1380. The van der Waals surface area contributed by atoms with Crippen LogP contribution in [0.5, 0.6) is 0 Å². The average Bonchev–Trinajstić information content (AvgIpc) is 3.17. The van der Waals surface area contributed by atoms with Gasteiger partial charge in [-0.2, -0.15) is 0 Å². The van der Waals surface area contributed by atoms with Gasteiger partial charge in [-0.1, -0.05) is 121 Å². The van der Waals surface area contributed by atoms with Crippen molar-refractivity contribution in [2.75, 3.05) is 5.73 Å². The number of hydrogen-bond acceptors (Lipinski definition) is 1. The second-order valence-electron chi connectivity index (χ2n) is 8.34. The van der Waals surface area contributed by atoms with Gasteiger partial charge < -0.3 is 5.73 Å². The monoisotopic (exact) mass is 409 g/mol. The zero-order chi connectivity index (χ0) is 21.5. The van der Waals surface area contributed by atoms with Crippen molar-refractivity contribution in [2.45, 2.75) is 5.41 Å². The molecular weight excluding hydrogens is 386 g/mol. The summed E-state index contributed by atoms with van der Waals surface area (Å²) in [7, 11) is 0. The van der Waals surface area contributed by atoms with Crippen LogP contribution in [0, 0.1) is 0 Å². The van der Waals surface area contributed by atoms with E-state index in [0.717, 1.165) is 11.3 Å². The van der Waals surface area contributed by atoms with Crippen LogP contribution in [0.1, 0.15) is 22.3 Å². The van der Waals surface area contributed by atoms with Crippen LogP contribution in [0.15, 0.2) is 127 Å². The van der Waals surface area contributed by atoms with E-state index in [1.807, 2.05) is 12.1 Å². The van der Waals surface area contributed by atoms with Gasteiger partial charge in [-0.3, -0.25) is 0 Å². The summed E-state index contributed by atoms with van der Waals surface area (Å²) < 4.78 is 0. The Labute approximate surface area is 188 Å². The van der Waals surface area contributed by atoms with Crippen molar-refractivity contribution in [1.82, 2.24) is 0 Å². The van der Waals surface area contributed by atoms with Gasteiger partial charge in [0.2, 0.25) is 0 Å². The van der Waals surface area contributed by atoms with Crippen molar-refractivity contribution in [3.63, 3.8) is 0 Å². The molecule has 1 aliphatic carbocycles. The van der Waals surface area contributed by atoms with Crippen LogP contribution in [0.4, 0.5) is 5.69 Å². The predicted molar refractivity (Wildman–Crippen MR) is 134 cm³/mol. The second kappa shape index (κ2) is 7.25. The molecule has 1 aliphatic rings. The number of nitrogen functional groups attached to an aromatic ring is 1. The zero-order valence-corrected chi connectivity index (χ0v) is 17.7. The molecular formula is C31H23N. The number of nitrogens with two attached hydrogens (primary N) is 1. The molecule has 0 radical (unpaired) electrons. The molecule has 0 saturated heterocycles. The molecule has 0 aromatic heterocycles. The molecule has 0 unspecified atom stereocenters. The summed E-state index contributed by atoms with van der Waals surface area (Å²) in [5, 5.41) is 0. The molecule has 5 aromatic carbocycles. The first-order chi connectivity index (χ1) is 15.8. The van der Waals surface area contributed by atoms with E-state index < -0.39 is 0 Å². The maximum Gasteiger partial charge on any atom is 0.0713 e. The highest BCUT2D eigenvalue weighted by molar-refractivity contribution is 5.97. The van der Waals surface area contributed by atoms with Gasteiger partial charge in [0.05, 0.1) is 5.41 Å². The van der Waals surface area contributed by atoms with E-state index in [1.54, 1.807) is 0 Å². The molecule has 0 bridgehead atoms. The van der Waals surface area contributed by atoms with E-state index in [4.69, 9.17) is 5.73 Å². The third kappa shape index (κ3) is 2.52. The third-order valence-electron chi connectivity index (χ3n) is 6.73. The summed E-state index contributed by atoms with van der Waals surface area (Å²) in [6.07, 6.45) is 0. The summed E-state index contributed by atoms with van der Waals surface area (Å²) >= 11 is 0. The first-order valence-corrected chi connectivity index (χ1v) is 11.0. The predicted octanol–water partition coefficient (Wildman–Crippen LogP) is 7.30. The van der Waals surface area contributed by atoms with E-state index in [1.165, 1.54) is 38.9 Å². The van der Waals surface area contributed by atoms with Crippen LogP contribution in [-0.4, -0.2) is 0 Å². The van der Waals surface area contributed by atoms with Gasteiger partial charge >= 0.3 is 0 Å². The number of fused-ring (bicyclic) bond motifs is 3. The number of benzene rings is 5. The number of hydrogen-bond donors (Lipinski definition) is 1. The van der Waals surface area contributed by atoms with Gasteiger partial charge in [-0.05, 0) is 45.0 Å². The SMILES string of the molecule is Nc1ccccc1-c1cccc2c1-c1ccccc1C2(c1ccccc1)c1ccccc1. The smallest absolute Gasteiger partial charge is 0.0713 e. The zero-order valence-electron chi connectivity index (χ0n) is 17.7. The Kier molecular flexibility index (Phi) is 4.22. The van der Waals surface area contributed by atoms with Crippen LogP contribution in [-0.2, 0) is 5.41 Å². The highest BCUT2D eigenvalue weighted by Gasteiger charge is 2.46. The topological polar surface area (TPSA) is 26.0 Å². The molecule has 1 nitrogen and oxygen atoms in total. The van der Waals surface area contributed by atoms with Crippen molar-refractivity contribution < 1.29 is 0 Å². The van der Waals surface area contributed by atoms with Crippen molar-refractivity contribution in [3.8, 4) is 22.3 Å². The maximum atomic E-state index is 6.46. The van der Waals surface area contributed by atoms with Crippen molar-refractivity contribution in [2.24, 2.45) is 0 Å². The van der Waals surface area contributed by atoms with E-state index in [2.05, 4.69) is 115 Å². The normalized spacial score (nSPS) is 13.4. The number of rotatable bonds is 3. The Morgan fingerprint density at radius 1 is 0.406 bits per heavy atom. The lowest BCUT2D eigenvalue weighted by molar-refractivity contribution is 0.768. The fourth-order valence-corrected chi connectivity index (χ4v) is 5.46. The molecule has 152 valence electrons. The first kappa shape index (κ1) is 18.7. The number of anilines is 1. The highest BCUT2D eigenvalue weighted by Crippen LogP contribution is 2.58. The summed E-state index contributed by atoms with van der Waals surface area (Å²) in [6.45, 7) is 0. The van der Waals surface area contributed by atoms with E-state index in [0.29, 0.717) is 0 Å². The lowest BCUT2D eigenvalue weighted by Crippen LogP contribution is -2.28. The van der Waals surface area contributed by atoms with E-state index >= 15 is 0 Å². The molecule has 0 fully saturated rings. The minimum absolute atomic E-state index is 0.381. The Morgan fingerprint density at radius 3 is 1.56 bits per heavy atom. The third-order valence-corrected chi connectivity index (χ3v) is 6.73. The molecule has 0 atom stereocenters. The fourth-order valence-electron chi connectivity index (χ4n) is 5.46. The Balaban J connectivity index is 1.79. The molecule has 0 aliphatic heterocycles. The van der Waals surface area contributed by atoms with Gasteiger partial charge in [0, 0.05) is 11.3 Å². The summed E-state index contributed by atoms with van der Waals surface area (Å²) in [6, 6.07) is 45.4. The van der Waals surface area contributed by atoms with Crippen LogP contribution in [0.2, 0.25) is 0 Å². The lowest BCUT2D eigenvalue weighted by atomic mass is 9.67. The van der Waals surface area contributed by atoms with Crippen LogP contribution >= 0.6 is 0 Å². The molecule has 0 saturated carbocycles. The Morgan fingerprint density at radius 2 is 0.906 bits per heavy atom. The quantitative estimate of drug-likeness (QED) is 0.305. The minimum atomic E-state index is -0.381. The first-order valence-electron chi connectivity index (χ1n) is 11.0. The van der Waals surface area contributed by atoms with Crippen LogP contribution in [0.25, 0.3) is 22.3 Å². The second-order valence-corrected chi connectivity index (χ2v) is 8.34. The molecule has 32 heavy (non-hydrogen) atoms. The molecule has 5 aromatic rings. The lowest BCUT2D eigenvalue weighted by Gasteiger charge is -2.34. The Hall–Kier alpha value is -4.10. The highest BCUT2D eigenvalue weighted by atomic mass is 14.6. The van der Waals surface area contributed by atoms with Crippen LogP contribution in [0.3, 0.4) is 0 Å². The summed E-state index contributed by atoms with van der Waals surface area (Å²) in [5.41, 5.74) is 16.8. The summed E-state index contributed by atoms with van der Waals surface area (Å²) in [5.74, 6) is 0. The summed E-state index contributed by atoms with van der Waals surface area (Å²) in [4.78, 5) is 0. The number of para-hydroxylation sites is 1. The van der Waals surface area contributed by atoms with Gasteiger partial charge in [0.25, 0.3) is 0 Å². The van der Waals surface area contributed by atoms with Gasteiger partial charge in [0.1, 0.15) is 0 Å². The maximum absolute atomic E-state index is 6.46. The largest absolute Gasteiger partial charge is 0.398 e. The molecule has 0 spiro atoms. The molecule has 0 amide bonds. The minimum Gasteiger partial charge on any atom is -0.398 e. The van der Waals surface area contributed by atoms with Gasteiger partial charge in [-0.15, -0.1) is 0 Å². The van der Waals surface area contributed by atoms with Crippen LogP contribution < -0.4 is 5.73 Å². The molecule has 6 rings (SSSR count). The van der Waals surface area contributed by atoms with Crippen molar-refractivity contribution in [3.05, 3.63) is 150 Å². The fraction of sp³-hybridized carbons (Fsp3) is 0.0323. The van der Waals surface area contributed by atoms with Crippen molar-refractivity contribution in [1.29, 1.82) is 0 Å². The molecule has 1 heteroatoms. The molecule has 0 heterocycles.